The van der Waals surface area contributed by atoms with Gasteiger partial charge in [-0.25, -0.2) is 0 Å². The van der Waals surface area contributed by atoms with Crippen LogP contribution in [0.4, 0.5) is 0 Å². The van der Waals surface area contributed by atoms with Crippen LogP contribution in [0.1, 0.15) is 23.0 Å². The van der Waals surface area contributed by atoms with Gasteiger partial charge in [-0.3, -0.25) is 4.79 Å². The molecular weight excluding hydrogens is 302 g/mol. The largest absolute Gasteiger partial charge is 0.444 e. The number of hydrogen-bond donors (Lipinski definition) is 1. The van der Waals surface area contributed by atoms with Crippen LogP contribution in [0, 0.1) is 6.92 Å². The molecule has 2 unspecified atom stereocenters. The van der Waals surface area contributed by atoms with Crippen LogP contribution in [0.2, 0.25) is 0 Å². The van der Waals surface area contributed by atoms with Crippen molar-refractivity contribution in [2.24, 2.45) is 0 Å². The van der Waals surface area contributed by atoms with E-state index in [4.69, 9.17) is 14.3 Å². The molecule has 1 aliphatic heterocycles. The van der Waals surface area contributed by atoms with Crippen LogP contribution in [0.25, 0.3) is 0 Å². The summed E-state index contributed by atoms with van der Waals surface area (Å²) in [4.78, 5) is 14.1. The highest BCUT2D eigenvalue weighted by Crippen LogP contribution is 2.23. The van der Waals surface area contributed by atoms with E-state index in [1.54, 1.807) is 11.0 Å². The standard InChI is InChI=1S/C12H16BrNO4/c1-7-3-10(13)18-11(7)12(16)14-4-9(5-15)17-6-8(14)2/h3,8-9,15H,4-6H2,1-2H3. The van der Waals surface area contributed by atoms with Crippen molar-refractivity contribution in [1.82, 2.24) is 4.90 Å². The molecule has 0 bridgehead atoms. The maximum atomic E-state index is 12.4. The molecule has 0 radical (unpaired) electrons. The predicted molar refractivity (Wildman–Crippen MR) is 68.5 cm³/mol. The Bertz CT molecular complexity index is 445. The molecule has 1 saturated heterocycles. The first-order valence-electron chi connectivity index (χ1n) is 5.82. The molecule has 18 heavy (non-hydrogen) atoms. The monoisotopic (exact) mass is 317 g/mol. The molecule has 100 valence electrons. The van der Waals surface area contributed by atoms with Gasteiger partial charge in [0, 0.05) is 12.1 Å². The Kier molecular flexibility index (Phi) is 4.09. The third kappa shape index (κ3) is 2.60. The Balaban J connectivity index is 2.19. The van der Waals surface area contributed by atoms with Crippen molar-refractivity contribution < 1.29 is 19.1 Å². The van der Waals surface area contributed by atoms with Gasteiger partial charge in [0.2, 0.25) is 0 Å². The van der Waals surface area contributed by atoms with E-state index in [0.29, 0.717) is 23.6 Å². The van der Waals surface area contributed by atoms with Crippen molar-refractivity contribution in [2.45, 2.75) is 26.0 Å². The number of rotatable bonds is 2. The van der Waals surface area contributed by atoms with E-state index in [1.807, 2.05) is 13.8 Å². The number of carbonyl (C=O) groups is 1. The Morgan fingerprint density at radius 2 is 2.39 bits per heavy atom. The van der Waals surface area contributed by atoms with E-state index in [2.05, 4.69) is 15.9 Å². The highest BCUT2D eigenvalue weighted by Gasteiger charge is 2.32. The predicted octanol–water partition coefficient (Wildman–Crippen LogP) is 1.57. The molecule has 2 rings (SSSR count). The molecule has 0 aliphatic carbocycles. The maximum Gasteiger partial charge on any atom is 0.290 e. The van der Waals surface area contributed by atoms with Crippen molar-refractivity contribution in [3.05, 3.63) is 22.1 Å². The topological polar surface area (TPSA) is 62.9 Å². The highest BCUT2D eigenvalue weighted by atomic mass is 79.9. The lowest BCUT2D eigenvalue weighted by Gasteiger charge is -2.37. The Morgan fingerprint density at radius 3 is 2.94 bits per heavy atom. The van der Waals surface area contributed by atoms with E-state index in [9.17, 15) is 4.79 Å². The summed E-state index contributed by atoms with van der Waals surface area (Å²) in [6, 6.07) is 1.74. The number of ether oxygens (including phenoxy) is 1. The fourth-order valence-corrected chi connectivity index (χ4v) is 2.50. The summed E-state index contributed by atoms with van der Waals surface area (Å²) in [5.41, 5.74) is 0.797. The fourth-order valence-electron chi connectivity index (χ4n) is 2.00. The number of halogens is 1. The lowest BCUT2D eigenvalue weighted by molar-refractivity contribution is -0.0674. The zero-order valence-corrected chi connectivity index (χ0v) is 11.9. The first kappa shape index (κ1) is 13.6. The molecular formula is C12H16BrNO4. The number of carbonyl (C=O) groups excluding carboxylic acids is 1. The van der Waals surface area contributed by atoms with Gasteiger partial charge < -0.3 is 19.2 Å². The number of aliphatic hydroxyl groups excluding tert-OH is 1. The molecule has 1 aromatic heterocycles. The average Bonchev–Trinajstić information content (AvgIpc) is 2.68. The summed E-state index contributed by atoms with van der Waals surface area (Å²) >= 11 is 3.21. The molecule has 0 spiro atoms. The number of aliphatic hydroxyl groups is 1. The third-order valence-electron chi connectivity index (χ3n) is 3.05. The van der Waals surface area contributed by atoms with Crippen LogP contribution in [0.3, 0.4) is 0 Å². The van der Waals surface area contributed by atoms with Gasteiger partial charge >= 0.3 is 0 Å². The van der Waals surface area contributed by atoms with E-state index in [0.717, 1.165) is 5.56 Å². The summed E-state index contributed by atoms with van der Waals surface area (Å²) < 4.78 is 11.3. The van der Waals surface area contributed by atoms with Crippen LogP contribution in [-0.2, 0) is 4.74 Å². The first-order chi connectivity index (χ1) is 8.52. The second kappa shape index (κ2) is 5.42. The van der Waals surface area contributed by atoms with E-state index in [1.165, 1.54) is 0 Å². The van der Waals surface area contributed by atoms with Gasteiger partial charge in [-0.2, -0.15) is 0 Å². The number of morpholine rings is 1. The number of aryl methyl sites for hydroxylation is 1. The van der Waals surface area contributed by atoms with Gasteiger partial charge in [0.05, 0.1) is 25.4 Å². The summed E-state index contributed by atoms with van der Waals surface area (Å²) in [5, 5.41) is 9.11. The number of furan rings is 1. The summed E-state index contributed by atoms with van der Waals surface area (Å²) in [6.07, 6.45) is -0.316. The normalized spacial score (nSPS) is 24.3. The molecule has 1 amide bonds. The Hall–Kier alpha value is -0.850. The lowest BCUT2D eigenvalue weighted by Crippen LogP contribution is -2.52. The fraction of sp³-hybridized carbons (Fsp3) is 0.583. The van der Waals surface area contributed by atoms with Gasteiger partial charge in [-0.15, -0.1) is 0 Å². The molecule has 1 N–H and O–H groups in total. The van der Waals surface area contributed by atoms with Gasteiger partial charge in [0.1, 0.15) is 0 Å². The van der Waals surface area contributed by atoms with Gasteiger partial charge in [0.15, 0.2) is 10.4 Å². The Labute approximate surface area is 114 Å². The quantitative estimate of drug-likeness (QED) is 0.899. The van der Waals surface area contributed by atoms with E-state index >= 15 is 0 Å². The van der Waals surface area contributed by atoms with Crippen LogP contribution in [-0.4, -0.2) is 47.8 Å². The van der Waals surface area contributed by atoms with Gasteiger partial charge in [-0.05, 0) is 35.8 Å². The van der Waals surface area contributed by atoms with Crippen LogP contribution in [0.15, 0.2) is 15.2 Å². The molecule has 5 nitrogen and oxygen atoms in total. The number of hydrogen-bond acceptors (Lipinski definition) is 4. The number of amides is 1. The molecule has 6 heteroatoms. The summed E-state index contributed by atoms with van der Waals surface area (Å²) in [5.74, 6) is 0.180. The summed E-state index contributed by atoms with van der Waals surface area (Å²) in [7, 11) is 0. The Morgan fingerprint density at radius 1 is 1.67 bits per heavy atom. The molecule has 1 aromatic rings. The van der Waals surface area contributed by atoms with E-state index in [-0.39, 0.29) is 24.7 Å². The van der Waals surface area contributed by atoms with Crippen LogP contribution < -0.4 is 0 Å². The first-order valence-corrected chi connectivity index (χ1v) is 6.61. The zero-order valence-electron chi connectivity index (χ0n) is 10.4. The van der Waals surface area contributed by atoms with Crippen LogP contribution in [0.5, 0.6) is 0 Å². The number of nitrogens with zero attached hydrogens (tertiary/aromatic N) is 1. The van der Waals surface area contributed by atoms with Crippen molar-refractivity contribution in [1.29, 1.82) is 0 Å². The maximum absolute atomic E-state index is 12.4. The molecule has 0 saturated carbocycles. The highest BCUT2D eigenvalue weighted by molar-refractivity contribution is 9.10. The molecule has 0 aromatic carbocycles. The average molecular weight is 318 g/mol. The third-order valence-corrected chi connectivity index (χ3v) is 3.44. The summed E-state index contributed by atoms with van der Waals surface area (Å²) in [6.45, 7) is 4.47. The smallest absolute Gasteiger partial charge is 0.290 e. The SMILES string of the molecule is Cc1cc(Br)oc1C(=O)N1CC(CO)OCC1C. The van der Waals surface area contributed by atoms with Gasteiger partial charge in [-0.1, -0.05) is 0 Å². The minimum atomic E-state index is -0.316. The van der Waals surface area contributed by atoms with Crippen molar-refractivity contribution >= 4 is 21.8 Å². The molecule has 2 atom stereocenters. The van der Waals surface area contributed by atoms with Crippen molar-refractivity contribution in [2.75, 3.05) is 19.8 Å². The van der Waals surface area contributed by atoms with E-state index < -0.39 is 0 Å². The minimum Gasteiger partial charge on any atom is -0.444 e. The van der Waals surface area contributed by atoms with Crippen molar-refractivity contribution in [3.8, 4) is 0 Å². The molecule has 1 aliphatic rings. The second-order valence-corrected chi connectivity index (χ2v) is 5.29. The second-order valence-electron chi connectivity index (χ2n) is 4.51. The molecule has 1 fully saturated rings. The minimum absolute atomic E-state index is 0.0245. The zero-order chi connectivity index (χ0) is 13.3. The lowest BCUT2D eigenvalue weighted by atomic mass is 10.1. The molecule has 2 heterocycles. The van der Waals surface area contributed by atoms with Crippen LogP contribution >= 0.6 is 15.9 Å². The van der Waals surface area contributed by atoms with Gasteiger partial charge in [0.25, 0.3) is 5.91 Å². The van der Waals surface area contributed by atoms with Crippen molar-refractivity contribution in [3.63, 3.8) is 0 Å².